The molecule has 0 aliphatic carbocycles. The van der Waals surface area contributed by atoms with Crippen molar-refractivity contribution in [2.24, 2.45) is 5.73 Å². The molecule has 0 aliphatic rings. The number of hydrogen-bond acceptors (Lipinski definition) is 1. The van der Waals surface area contributed by atoms with Crippen molar-refractivity contribution in [3.05, 3.63) is 59.7 Å². The van der Waals surface area contributed by atoms with Crippen LogP contribution in [0.25, 0.3) is 11.1 Å². The molecule has 0 radical (unpaired) electrons. The Bertz CT molecular complexity index is 535. The third kappa shape index (κ3) is 2.57. The molecule has 18 heavy (non-hydrogen) atoms. The Morgan fingerprint density at radius 2 is 1.61 bits per heavy atom. The van der Waals surface area contributed by atoms with Gasteiger partial charge in [-0.3, -0.25) is 0 Å². The number of hydrogen-bond donors (Lipinski definition) is 1. The van der Waals surface area contributed by atoms with Gasteiger partial charge in [-0.2, -0.15) is 0 Å². The highest BCUT2D eigenvalue weighted by atomic mass is 19.1. The van der Waals surface area contributed by atoms with Crippen molar-refractivity contribution in [2.45, 2.75) is 12.8 Å². The molecule has 1 unspecified atom stereocenters. The van der Waals surface area contributed by atoms with Gasteiger partial charge in [0.2, 0.25) is 0 Å². The predicted octanol–water partition coefficient (Wildman–Crippen LogP) is 3.69. The van der Waals surface area contributed by atoms with Crippen LogP contribution in [0.15, 0.2) is 42.5 Å². The van der Waals surface area contributed by atoms with Crippen LogP contribution in [0.1, 0.15) is 18.4 Å². The van der Waals surface area contributed by atoms with Gasteiger partial charge >= 0.3 is 0 Å². The first-order valence-corrected chi connectivity index (χ1v) is 5.87. The molecule has 0 saturated carbocycles. The third-order valence-corrected chi connectivity index (χ3v) is 3.06. The summed E-state index contributed by atoms with van der Waals surface area (Å²) >= 11 is 0. The summed E-state index contributed by atoms with van der Waals surface area (Å²) in [6, 6.07) is 11.0. The highest BCUT2D eigenvalue weighted by molar-refractivity contribution is 5.64. The summed E-state index contributed by atoms with van der Waals surface area (Å²) in [5, 5.41) is 0. The average Bonchev–Trinajstić information content (AvgIpc) is 2.39. The van der Waals surface area contributed by atoms with Crippen molar-refractivity contribution in [1.82, 2.24) is 0 Å². The normalized spacial score (nSPS) is 12.4. The fourth-order valence-corrected chi connectivity index (χ4v) is 1.87. The van der Waals surface area contributed by atoms with E-state index in [1.807, 2.05) is 6.92 Å². The van der Waals surface area contributed by atoms with E-state index in [2.05, 4.69) is 0 Å². The van der Waals surface area contributed by atoms with E-state index in [9.17, 15) is 8.78 Å². The van der Waals surface area contributed by atoms with Gasteiger partial charge in [0.15, 0.2) is 0 Å². The van der Waals surface area contributed by atoms with Gasteiger partial charge in [0, 0.05) is 0 Å². The van der Waals surface area contributed by atoms with Crippen LogP contribution in [0.4, 0.5) is 8.78 Å². The summed E-state index contributed by atoms with van der Waals surface area (Å²) < 4.78 is 26.5. The SMILES string of the molecule is CC(CN)c1cc(-c2ccc(F)cc2)ccc1F. The lowest BCUT2D eigenvalue weighted by atomic mass is 9.96. The standard InChI is InChI=1S/C15H15F2N/c1-10(9-18)14-8-12(4-7-15(14)17)11-2-5-13(16)6-3-11/h2-8,10H,9,18H2,1H3. The molecule has 2 N–H and O–H groups in total. The monoisotopic (exact) mass is 247 g/mol. The molecule has 0 saturated heterocycles. The second-order valence-corrected chi connectivity index (χ2v) is 4.38. The smallest absolute Gasteiger partial charge is 0.126 e. The first kappa shape index (κ1) is 12.7. The summed E-state index contributed by atoms with van der Waals surface area (Å²) in [5.41, 5.74) is 7.89. The van der Waals surface area contributed by atoms with E-state index in [4.69, 9.17) is 5.73 Å². The lowest BCUT2D eigenvalue weighted by Crippen LogP contribution is -2.10. The number of halogens is 2. The van der Waals surface area contributed by atoms with E-state index in [1.165, 1.54) is 18.2 Å². The lowest BCUT2D eigenvalue weighted by Gasteiger charge is -2.12. The fourth-order valence-electron chi connectivity index (χ4n) is 1.87. The molecule has 0 spiro atoms. The molecule has 2 aromatic carbocycles. The number of nitrogens with two attached hydrogens (primary N) is 1. The first-order valence-electron chi connectivity index (χ1n) is 5.87. The highest BCUT2D eigenvalue weighted by Gasteiger charge is 2.11. The van der Waals surface area contributed by atoms with Crippen LogP contribution < -0.4 is 5.73 Å². The Kier molecular flexibility index (Phi) is 3.72. The van der Waals surface area contributed by atoms with Crippen LogP contribution in [0.5, 0.6) is 0 Å². The quantitative estimate of drug-likeness (QED) is 0.879. The van der Waals surface area contributed by atoms with Crippen LogP contribution >= 0.6 is 0 Å². The number of rotatable bonds is 3. The van der Waals surface area contributed by atoms with Crippen LogP contribution in [0.2, 0.25) is 0 Å². The minimum atomic E-state index is -0.281. The van der Waals surface area contributed by atoms with Gasteiger partial charge in [0.25, 0.3) is 0 Å². The molecule has 2 rings (SSSR count). The van der Waals surface area contributed by atoms with E-state index >= 15 is 0 Å². The summed E-state index contributed by atoms with van der Waals surface area (Å²) in [4.78, 5) is 0. The molecule has 3 heteroatoms. The van der Waals surface area contributed by atoms with E-state index in [0.29, 0.717) is 12.1 Å². The zero-order chi connectivity index (χ0) is 13.1. The van der Waals surface area contributed by atoms with Gasteiger partial charge in [0.05, 0.1) is 0 Å². The van der Waals surface area contributed by atoms with Gasteiger partial charge < -0.3 is 5.73 Å². The molecule has 0 aliphatic heterocycles. The van der Waals surface area contributed by atoms with E-state index in [1.54, 1.807) is 24.3 Å². The number of benzene rings is 2. The van der Waals surface area contributed by atoms with E-state index < -0.39 is 0 Å². The molecule has 94 valence electrons. The molecule has 0 fully saturated rings. The highest BCUT2D eigenvalue weighted by Crippen LogP contribution is 2.26. The van der Waals surface area contributed by atoms with Crippen molar-refractivity contribution in [3.8, 4) is 11.1 Å². The molecule has 1 nitrogen and oxygen atoms in total. The van der Waals surface area contributed by atoms with Crippen LogP contribution in [-0.4, -0.2) is 6.54 Å². The lowest BCUT2D eigenvalue weighted by molar-refractivity contribution is 0.591. The van der Waals surface area contributed by atoms with Crippen molar-refractivity contribution in [3.63, 3.8) is 0 Å². The topological polar surface area (TPSA) is 26.0 Å². The molecule has 2 aromatic rings. The maximum Gasteiger partial charge on any atom is 0.126 e. The zero-order valence-corrected chi connectivity index (χ0v) is 10.2. The molecular formula is C15H15F2N. The summed E-state index contributed by atoms with van der Waals surface area (Å²) in [5.74, 6) is -0.569. The van der Waals surface area contributed by atoms with Gasteiger partial charge in [0.1, 0.15) is 11.6 Å². The van der Waals surface area contributed by atoms with Gasteiger partial charge in [-0.1, -0.05) is 25.1 Å². The van der Waals surface area contributed by atoms with Gasteiger partial charge in [-0.25, -0.2) is 8.78 Å². The van der Waals surface area contributed by atoms with Crippen molar-refractivity contribution in [1.29, 1.82) is 0 Å². The van der Waals surface area contributed by atoms with Gasteiger partial charge in [-0.05, 0) is 53.4 Å². The maximum atomic E-state index is 13.7. The Hall–Kier alpha value is -1.74. The maximum absolute atomic E-state index is 13.7. The second kappa shape index (κ2) is 5.27. The molecule has 0 amide bonds. The summed E-state index contributed by atoms with van der Waals surface area (Å²) in [6.45, 7) is 2.27. The molecular weight excluding hydrogens is 232 g/mol. The molecule has 1 atom stereocenters. The van der Waals surface area contributed by atoms with E-state index in [-0.39, 0.29) is 17.6 Å². The third-order valence-electron chi connectivity index (χ3n) is 3.06. The summed E-state index contributed by atoms with van der Waals surface area (Å²) in [7, 11) is 0. The van der Waals surface area contributed by atoms with Crippen LogP contribution in [0, 0.1) is 11.6 Å². The molecule has 0 aromatic heterocycles. The second-order valence-electron chi connectivity index (χ2n) is 4.38. The zero-order valence-electron chi connectivity index (χ0n) is 10.2. The Morgan fingerprint density at radius 3 is 2.22 bits per heavy atom. The summed E-state index contributed by atoms with van der Waals surface area (Å²) in [6.07, 6.45) is 0. The molecule has 0 bridgehead atoms. The van der Waals surface area contributed by atoms with Crippen LogP contribution in [0.3, 0.4) is 0 Å². The van der Waals surface area contributed by atoms with Crippen molar-refractivity contribution < 1.29 is 8.78 Å². The fraction of sp³-hybridized carbons (Fsp3) is 0.200. The average molecular weight is 247 g/mol. The van der Waals surface area contributed by atoms with Crippen molar-refractivity contribution >= 4 is 0 Å². The van der Waals surface area contributed by atoms with Gasteiger partial charge in [-0.15, -0.1) is 0 Å². The minimum absolute atomic E-state index is 0.0367. The largest absolute Gasteiger partial charge is 0.330 e. The Morgan fingerprint density at radius 1 is 1.00 bits per heavy atom. The minimum Gasteiger partial charge on any atom is -0.330 e. The van der Waals surface area contributed by atoms with Crippen molar-refractivity contribution in [2.75, 3.05) is 6.54 Å². The first-order chi connectivity index (χ1) is 8.61. The van der Waals surface area contributed by atoms with E-state index in [0.717, 1.165) is 11.1 Å². The Labute approximate surface area is 105 Å². The molecule has 0 heterocycles. The predicted molar refractivity (Wildman–Crippen MR) is 69.3 cm³/mol. The van der Waals surface area contributed by atoms with Crippen LogP contribution in [-0.2, 0) is 0 Å². The Balaban J connectivity index is 2.43.